The minimum atomic E-state index is -0.834. The van der Waals surface area contributed by atoms with Crippen LogP contribution in [0.1, 0.15) is 30.1 Å². The second-order valence-corrected chi connectivity index (χ2v) is 3.86. The summed E-state index contributed by atoms with van der Waals surface area (Å²) in [5.74, 6) is -1.02. The first-order chi connectivity index (χ1) is 8.22. The summed E-state index contributed by atoms with van der Waals surface area (Å²) in [4.78, 5) is 23.2. The maximum atomic E-state index is 11.8. The van der Waals surface area contributed by atoms with Crippen molar-refractivity contribution in [3.8, 4) is 5.75 Å². The van der Waals surface area contributed by atoms with E-state index in [9.17, 15) is 9.59 Å². The Morgan fingerprint density at radius 3 is 2.65 bits per heavy atom. The SMILES string of the molecule is CCOC(=O)C(=O)c1ccccc1OC1CC1. The molecule has 0 spiro atoms. The van der Waals surface area contributed by atoms with Gasteiger partial charge in [0.15, 0.2) is 0 Å². The number of esters is 1. The zero-order valence-electron chi connectivity index (χ0n) is 9.64. The van der Waals surface area contributed by atoms with Crippen LogP contribution < -0.4 is 4.74 Å². The van der Waals surface area contributed by atoms with Crippen molar-refractivity contribution in [1.29, 1.82) is 0 Å². The molecule has 1 aliphatic rings. The van der Waals surface area contributed by atoms with E-state index in [1.165, 1.54) is 0 Å². The first-order valence-electron chi connectivity index (χ1n) is 5.69. The van der Waals surface area contributed by atoms with Gasteiger partial charge in [-0.15, -0.1) is 0 Å². The van der Waals surface area contributed by atoms with E-state index in [1.807, 2.05) is 0 Å². The molecule has 1 aromatic carbocycles. The Hall–Kier alpha value is -1.84. The molecule has 0 aliphatic heterocycles. The predicted molar refractivity (Wildman–Crippen MR) is 61.1 cm³/mol. The van der Waals surface area contributed by atoms with Crippen molar-refractivity contribution in [1.82, 2.24) is 0 Å². The van der Waals surface area contributed by atoms with Gasteiger partial charge in [0, 0.05) is 0 Å². The van der Waals surface area contributed by atoms with Crippen LogP contribution in [0.3, 0.4) is 0 Å². The second kappa shape index (κ2) is 4.99. The highest BCUT2D eigenvalue weighted by Gasteiger charge is 2.27. The Morgan fingerprint density at radius 1 is 1.29 bits per heavy atom. The van der Waals surface area contributed by atoms with Gasteiger partial charge in [0.25, 0.3) is 5.78 Å². The largest absolute Gasteiger partial charge is 0.490 e. The maximum absolute atomic E-state index is 11.8. The van der Waals surface area contributed by atoms with Crippen molar-refractivity contribution in [3.05, 3.63) is 29.8 Å². The number of ether oxygens (including phenoxy) is 2. The fraction of sp³-hybridized carbons (Fsp3) is 0.385. The Kier molecular flexibility index (Phi) is 3.42. The van der Waals surface area contributed by atoms with Crippen LogP contribution in [0, 0.1) is 0 Å². The summed E-state index contributed by atoms with van der Waals surface area (Å²) in [7, 11) is 0. The first-order valence-corrected chi connectivity index (χ1v) is 5.69. The van der Waals surface area contributed by atoms with Gasteiger partial charge < -0.3 is 9.47 Å². The summed E-state index contributed by atoms with van der Waals surface area (Å²) >= 11 is 0. The first kappa shape index (κ1) is 11.6. The smallest absolute Gasteiger partial charge is 0.379 e. The summed E-state index contributed by atoms with van der Waals surface area (Å²) in [6.45, 7) is 1.86. The minimum absolute atomic E-state index is 0.186. The zero-order valence-corrected chi connectivity index (χ0v) is 9.64. The van der Waals surface area contributed by atoms with Crippen molar-refractivity contribution in [3.63, 3.8) is 0 Å². The number of carbonyl (C=O) groups excluding carboxylic acids is 2. The molecule has 1 saturated carbocycles. The molecule has 0 bridgehead atoms. The molecule has 17 heavy (non-hydrogen) atoms. The lowest BCUT2D eigenvalue weighted by Crippen LogP contribution is -2.18. The number of para-hydroxylation sites is 1. The van der Waals surface area contributed by atoms with Gasteiger partial charge in [-0.05, 0) is 31.9 Å². The number of hydrogen-bond donors (Lipinski definition) is 0. The summed E-state index contributed by atoms with van der Waals surface area (Å²) in [6, 6.07) is 6.76. The maximum Gasteiger partial charge on any atom is 0.379 e. The van der Waals surface area contributed by atoms with Crippen LogP contribution in [0.15, 0.2) is 24.3 Å². The highest BCUT2D eigenvalue weighted by atomic mass is 16.5. The van der Waals surface area contributed by atoms with Crippen molar-refractivity contribution in [2.45, 2.75) is 25.9 Å². The van der Waals surface area contributed by atoms with Crippen molar-refractivity contribution >= 4 is 11.8 Å². The second-order valence-electron chi connectivity index (χ2n) is 3.86. The van der Waals surface area contributed by atoms with E-state index < -0.39 is 11.8 Å². The number of rotatable bonds is 5. The van der Waals surface area contributed by atoms with E-state index in [2.05, 4.69) is 4.74 Å². The molecule has 2 rings (SSSR count). The number of hydrogen-bond acceptors (Lipinski definition) is 4. The lowest BCUT2D eigenvalue weighted by molar-refractivity contribution is -0.137. The molecule has 0 saturated heterocycles. The zero-order chi connectivity index (χ0) is 12.3. The van der Waals surface area contributed by atoms with Crippen LogP contribution in [0.2, 0.25) is 0 Å². The minimum Gasteiger partial charge on any atom is -0.490 e. The quantitative estimate of drug-likeness (QED) is 0.444. The van der Waals surface area contributed by atoms with Crippen LogP contribution in [-0.2, 0) is 9.53 Å². The lowest BCUT2D eigenvalue weighted by Gasteiger charge is -2.09. The molecule has 0 heterocycles. The summed E-state index contributed by atoms with van der Waals surface area (Å²) in [6.07, 6.45) is 2.19. The van der Waals surface area contributed by atoms with E-state index >= 15 is 0 Å². The van der Waals surface area contributed by atoms with Crippen LogP contribution in [0.25, 0.3) is 0 Å². The van der Waals surface area contributed by atoms with Gasteiger partial charge in [-0.1, -0.05) is 12.1 Å². The van der Waals surface area contributed by atoms with Crippen LogP contribution in [0.4, 0.5) is 0 Å². The van der Waals surface area contributed by atoms with Crippen molar-refractivity contribution in [2.75, 3.05) is 6.61 Å². The number of carbonyl (C=O) groups is 2. The van der Waals surface area contributed by atoms with Gasteiger partial charge in [-0.25, -0.2) is 4.79 Å². The molecule has 0 unspecified atom stereocenters. The summed E-state index contributed by atoms with van der Waals surface area (Å²) in [5, 5.41) is 0. The van der Waals surface area contributed by atoms with Crippen LogP contribution in [0.5, 0.6) is 5.75 Å². The standard InChI is InChI=1S/C13H14O4/c1-2-16-13(15)12(14)10-5-3-4-6-11(10)17-9-7-8-9/h3-6,9H,2,7-8H2,1H3. The van der Waals surface area contributed by atoms with E-state index in [0.717, 1.165) is 12.8 Å². The molecular weight excluding hydrogens is 220 g/mol. The van der Waals surface area contributed by atoms with E-state index in [0.29, 0.717) is 5.75 Å². The van der Waals surface area contributed by atoms with Gasteiger partial charge in [0.1, 0.15) is 5.75 Å². The Balaban J connectivity index is 2.17. The predicted octanol–water partition coefficient (Wildman–Crippen LogP) is 1.97. The fourth-order valence-electron chi connectivity index (χ4n) is 1.43. The van der Waals surface area contributed by atoms with Crippen molar-refractivity contribution < 1.29 is 19.1 Å². The van der Waals surface area contributed by atoms with E-state index in [4.69, 9.17) is 4.74 Å². The normalized spacial score (nSPS) is 14.2. The monoisotopic (exact) mass is 234 g/mol. The molecular formula is C13H14O4. The Bertz CT molecular complexity index is 435. The molecule has 90 valence electrons. The topological polar surface area (TPSA) is 52.6 Å². The molecule has 4 nitrogen and oxygen atoms in total. The number of benzene rings is 1. The average Bonchev–Trinajstić information content (AvgIpc) is 3.13. The molecule has 1 fully saturated rings. The highest BCUT2D eigenvalue weighted by Crippen LogP contribution is 2.29. The average molecular weight is 234 g/mol. The molecule has 0 amide bonds. The molecule has 0 N–H and O–H groups in total. The molecule has 0 atom stereocenters. The third kappa shape index (κ3) is 2.84. The third-order valence-electron chi connectivity index (χ3n) is 2.41. The van der Waals surface area contributed by atoms with Gasteiger partial charge in [-0.3, -0.25) is 4.79 Å². The molecule has 0 aromatic heterocycles. The van der Waals surface area contributed by atoms with E-state index in [1.54, 1.807) is 31.2 Å². The van der Waals surface area contributed by atoms with Gasteiger partial charge in [-0.2, -0.15) is 0 Å². The Morgan fingerprint density at radius 2 is 2.00 bits per heavy atom. The summed E-state index contributed by atoms with van der Waals surface area (Å²) in [5.41, 5.74) is 0.276. The molecule has 0 radical (unpaired) electrons. The molecule has 1 aromatic rings. The third-order valence-corrected chi connectivity index (χ3v) is 2.41. The molecule has 1 aliphatic carbocycles. The van der Waals surface area contributed by atoms with E-state index in [-0.39, 0.29) is 18.3 Å². The number of ketones is 1. The lowest BCUT2D eigenvalue weighted by atomic mass is 10.1. The number of Topliss-reactive ketones (excluding diaryl/α,β-unsaturated/α-hetero) is 1. The molecule has 4 heteroatoms. The van der Waals surface area contributed by atoms with Crippen molar-refractivity contribution in [2.24, 2.45) is 0 Å². The van der Waals surface area contributed by atoms with Gasteiger partial charge in [0.05, 0.1) is 18.3 Å². The van der Waals surface area contributed by atoms with Crippen LogP contribution in [-0.4, -0.2) is 24.5 Å². The Labute approximate surface area is 99.5 Å². The highest BCUT2D eigenvalue weighted by molar-refractivity contribution is 6.41. The summed E-state index contributed by atoms with van der Waals surface area (Å²) < 4.78 is 10.3. The van der Waals surface area contributed by atoms with Gasteiger partial charge in [0.2, 0.25) is 0 Å². The van der Waals surface area contributed by atoms with Crippen LogP contribution >= 0.6 is 0 Å². The fourth-order valence-corrected chi connectivity index (χ4v) is 1.43. The van der Waals surface area contributed by atoms with Gasteiger partial charge >= 0.3 is 5.97 Å².